The van der Waals surface area contributed by atoms with Crippen molar-refractivity contribution in [1.29, 1.82) is 0 Å². The molecule has 0 aliphatic rings. The van der Waals surface area contributed by atoms with Gasteiger partial charge in [0.25, 0.3) is 5.69 Å². The van der Waals surface area contributed by atoms with Crippen LogP contribution < -0.4 is 5.73 Å². The molecule has 100 valence electrons. The summed E-state index contributed by atoms with van der Waals surface area (Å²) in [5, 5.41) is 11.2. The van der Waals surface area contributed by atoms with Gasteiger partial charge in [0.05, 0.1) is 9.82 Å². The number of nitro groups is 1. The van der Waals surface area contributed by atoms with E-state index >= 15 is 0 Å². The number of nitro benzene ring substituents is 1. The molecule has 0 amide bonds. The molecule has 0 bridgehead atoms. The average molecular weight is 268 g/mol. The Bertz CT molecular complexity index is 398. The van der Waals surface area contributed by atoms with Crippen molar-refractivity contribution < 1.29 is 4.92 Å². The van der Waals surface area contributed by atoms with E-state index in [9.17, 15) is 10.1 Å². The van der Waals surface area contributed by atoms with Crippen LogP contribution in [0.25, 0.3) is 0 Å². The smallest absolute Gasteiger partial charge is 0.282 e. The molecule has 4 nitrogen and oxygen atoms in total. The van der Waals surface area contributed by atoms with E-state index in [4.69, 9.17) is 5.73 Å². The van der Waals surface area contributed by atoms with Crippen molar-refractivity contribution in [2.45, 2.75) is 49.3 Å². The van der Waals surface area contributed by atoms with E-state index in [-0.39, 0.29) is 21.9 Å². The van der Waals surface area contributed by atoms with E-state index in [1.807, 2.05) is 6.07 Å². The molecule has 0 radical (unpaired) electrons. The third-order valence-corrected chi connectivity index (χ3v) is 4.43. The highest BCUT2D eigenvalue weighted by Crippen LogP contribution is 2.34. The van der Waals surface area contributed by atoms with Gasteiger partial charge >= 0.3 is 0 Å². The topological polar surface area (TPSA) is 69.2 Å². The summed E-state index contributed by atoms with van der Waals surface area (Å²) in [5.74, 6) is 0. The molecule has 2 atom stereocenters. The number of hydrogen-bond acceptors (Lipinski definition) is 4. The first kappa shape index (κ1) is 15.0. The van der Waals surface area contributed by atoms with Crippen molar-refractivity contribution in [3.05, 3.63) is 34.4 Å². The summed E-state index contributed by atoms with van der Waals surface area (Å²) in [6.45, 7) is 4.17. The lowest BCUT2D eigenvalue weighted by atomic mass is 10.1. The lowest BCUT2D eigenvalue weighted by Gasteiger charge is -2.21. The van der Waals surface area contributed by atoms with E-state index in [2.05, 4.69) is 13.8 Å². The quantitative estimate of drug-likeness (QED) is 0.466. The lowest BCUT2D eigenvalue weighted by Crippen LogP contribution is -2.31. The molecule has 1 rings (SSSR count). The lowest BCUT2D eigenvalue weighted by molar-refractivity contribution is -0.387. The first-order valence-electron chi connectivity index (χ1n) is 6.25. The summed E-state index contributed by atoms with van der Waals surface area (Å²) in [4.78, 5) is 11.3. The maximum absolute atomic E-state index is 10.9. The van der Waals surface area contributed by atoms with Gasteiger partial charge in [-0.1, -0.05) is 32.4 Å². The van der Waals surface area contributed by atoms with Gasteiger partial charge in [-0.2, -0.15) is 0 Å². The zero-order valence-corrected chi connectivity index (χ0v) is 11.7. The SMILES string of the molecule is CCCC(N)C(CC)Sc1ccccc1[N+](=O)[O-]. The predicted molar refractivity (Wildman–Crippen MR) is 75.9 cm³/mol. The predicted octanol–water partition coefficient (Wildman–Crippen LogP) is 3.59. The van der Waals surface area contributed by atoms with Gasteiger partial charge in [0, 0.05) is 17.4 Å². The second-order valence-corrected chi connectivity index (χ2v) is 5.52. The number of rotatable bonds is 7. The highest BCUT2D eigenvalue weighted by atomic mass is 32.2. The number of nitrogens with zero attached hydrogens (tertiary/aromatic N) is 1. The number of benzene rings is 1. The normalized spacial score (nSPS) is 14.2. The van der Waals surface area contributed by atoms with Crippen LogP contribution in [0.15, 0.2) is 29.2 Å². The van der Waals surface area contributed by atoms with Crippen LogP contribution in [0.2, 0.25) is 0 Å². The van der Waals surface area contributed by atoms with Crippen LogP contribution in [0.1, 0.15) is 33.1 Å². The molecule has 0 heterocycles. The van der Waals surface area contributed by atoms with Crippen molar-refractivity contribution in [3.63, 3.8) is 0 Å². The molecule has 0 saturated carbocycles. The summed E-state index contributed by atoms with van der Waals surface area (Å²) in [6, 6.07) is 6.94. The van der Waals surface area contributed by atoms with Gasteiger partial charge < -0.3 is 5.73 Å². The van der Waals surface area contributed by atoms with Gasteiger partial charge in [-0.25, -0.2) is 0 Å². The number of para-hydroxylation sites is 1. The Morgan fingerprint density at radius 2 is 2.06 bits per heavy atom. The fraction of sp³-hybridized carbons (Fsp3) is 0.538. The molecule has 1 aromatic rings. The average Bonchev–Trinajstić information content (AvgIpc) is 2.36. The summed E-state index contributed by atoms with van der Waals surface area (Å²) in [7, 11) is 0. The fourth-order valence-corrected chi connectivity index (χ4v) is 3.09. The van der Waals surface area contributed by atoms with Crippen LogP contribution in [-0.4, -0.2) is 16.2 Å². The maximum atomic E-state index is 10.9. The molecule has 0 aliphatic heterocycles. The summed E-state index contributed by atoms with van der Waals surface area (Å²) < 4.78 is 0. The van der Waals surface area contributed by atoms with Crippen LogP contribution in [0.4, 0.5) is 5.69 Å². The van der Waals surface area contributed by atoms with Crippen LogP contribution in [-0.2, 0) is 0 Å². The summed E-state index contributed by atoms with van der Waals surface area (Å²) in [5.41, 5.74) is 6.29. The number of nitrogens with two attached hydrogens (primary N) is 1. The fourth-order valence-electron chi connectivity index (χ4n) is 1.86. The Morgan fingerprint density at radius 3 is 2.61 bits per heavy atom. The Balaban J connectivity index is 2.84. The monoisotopic (exact) mass is 268 g/mol. The van der Waals surface area contributed by atoms with Gasteiger partial charge in [-0.05, 0) is 18.9 Å². The van der Waals surface area contributed by atoms with Gasteiger partial charge in [0.1, 0.15) is 0 Å². The minimum atomic E-state index is -0.333. The first-order chi connectivity index (χ1) is 8.60. The standard InChI is InChI=1S/C13H20N2O2S/c1-3-7-10(14)12(4-2)18-13-9-6-5-8-11(13)15(16)17/h5-6,8-10,12H,3-4,7,14H2,1-2H3. The third-order valence-electron chi connectivity index (χ3n) is 2.84. The molecule has 1 aromatic carbocycles. The molecule has 0 aliphatic carbocycles. The Kier molecular flexibility index (Phi) is 6.15. The zero-order valence-electron chi connectivity index (χ0n) is 10.8. The van der Waals surface area contributed by atoms with E-state index in [1.54, 1.807) is 18.2 Å². The van der Waals surface area contributed by atoms with Crippen molar-refractivity contribution >= 4 is 17.4 Å². The van der Waals surface area contributed by atoms with Crippen LogP contribution in [0.3, 0.4) is 0 Å². The second kappa shape index (κ2) is 7.38. The summed E-state index contributed by atoms with van der Waals surface area (Å²) >= 11 is 1.53. The number of thioether (sulfide) groups is 1. The van der Waals surface area contributed by atoms with Crippen molar-refractivity contribution in [3.8, 4) is 0 Å². The second-order valence-electron chi connectivity index (χ2n) is 4.24. The Morgan fingerprint density at radius 1 is 1.39 bits per heavy atom. The van der Waals surface area contributed by atoms with Gasteiger partial charge in [0.15, 0.2) is 0 Å². The molecular weight excluding hydrogens is 248 g/mol. The maximum Gasteiger partial charge on any atom is 0.282 e. The van der Waals surface area contributed by atoms with Gasteiger partial charge in [-0.3, -0.25) is 10.1 Å². The third kappa shape index (κ3) is 3.99. The molecule has 2 N–H and O–H groups in total. The van der Waals surface area contributed by atoms with E-state index < -0.39 is 0 Å². The molecular formula is C13H20N2O2S. The highest BCUT2D eigenvalue weighted by Gasteiger charge is 2.21. The van der Waals surface area contributed by atoms with Crippen molar-refractivity contribution in [2.75, 3.05) is 0 Å². The molecule has 0 fully saturated rings. The minimum Gasteiger partial charge on any atom is -0.327 e. The zero-order chi connectivity index (χ0) is 13.5. The largest absolute Gasteiger partial charge is 0.327 e. The molecule has 2 unspecified atom stereocenters. The molecule has 0 aromatic heterocycles. The molecule has 0 spiro atoms. The number of hydrogen-bond donors (Lipinski definition) is 1. The van der Waals surface area contributed by atoms with Crippen LogP contribution in [0, 0.1) is 10.1 Å². The molecule has 5 heteroatoms. The molecule has 0 saturated heterocycles. The van der Waals surface area contributed by atoms with E-state index in [0.717, 1.165) is 19.3 Å². The van der Waals surface area contributed by atoms with Gasteiger partial charge in [-0.15, -0.1) is 11.8 Å². The van der Waals surface area contributed by atoms with Crippen LogP contribution in [0.5, 0.6) is 0 Å². The Labute approximate surface area is 112 Å². The molecule has 18 heavy (non-hydrogen) atoms. The Hall–Kier alpha value is -1.07. The van der Waals surface area contributed by atoms with E-state index in [1.165, 1.54) is 11.8 Å². The first-order valence-corrected chi connectivity index (χ1v) is 7.13. The highest BCUT2D eigenvalue weighted by molar-refractivity contribution is 8.00. The minimum absolute atomic E-state index is 0.0878. The summed E-state index contributed by atoms with van der Waals surface area (Å²) in [6.07, 6.45) is 2.90. The van der Waals surface area contributed by atoms with Crippen molar-refractivity contribution in [1.82, 2.24) is 0 Å². The van der Waals surface area contributed by atoms with Crippen molar-refractivity contribution in [2.24, 2.45) is 5.73 Å². The van der Waals surface area contributed by atoms with E-state index in [0.29, 0.717) is 4.90 Å². The van der Waals surface area contributed by atoms with Crippen LogP contribution >= 0.6 is 11.8 Å². The van der Waals surface area contributed by atoms with Gasteiger partial charge in [0.2, 0.25) is 0 Å².